The number of carbonyl (C=O) groups excluding carboxylic acids is 3. The van der Waals surface area contributed by atoms with Gasteiger partial charge in [-0.15, -0.1) is 0 Å². The molecular formula is C39H44Cl2N2O5S. The molecule has 0 radical (unpaired) electrons. The SMILES string of the molecule is C.COC(=O)C(Cc1ccc(C)cc1)NC(=O)c1c(C)cccc1Cl.COC(=O)C(Cc1ccc(C)cc1)NC(=S)c1c(C)cccc1Cl. The minimum absolute atomic E-state index is 0. The second kappa shape index (κ2) is 19.7. The molecule has 0 fully saturated rings. The molecule has 0 saturated heterocycles. The minimum Gasteiger partial charge on any atom is -0.467 e. The third kappa shape index (κ3) is 12.0. The number of esters is 2. The highest BCUT2D eigenvalue weighted by Crippen LogP contribution is 2.21. The number of halogens is 2. The fraction of sp³-hybridized carbons (Fsp3) is 0.282. The number of rotatable bonds is 10. The first-order chi connectivity index (χ1) is 22.8. The molecule has 4 rings (SSSR count). The summed E-state index contributed by atoms with van der Waals surface area (Å²) in [6.07, 6.45) is 0.832. The fourth-order valence-corrected chi connectivity index (χ4v) is 5.98. The Morgan fingerprint density at radius 3 is 1.41 bits per heavy atom. The summed E-state index contributed by atoms with van der Waals surface area (Å²) in [5, 5.41) is 6.75. The highest BCUT2D eigenvalue weighted by Gasteiger charge is 2.25. The molecule has 7 nitrogen and oxygen atoms in total. The molecule has 10 heteroatoms. The van der Waals surface area contributed by atoms with Crippen LogP contribution in [0.15, 0.2) is 84.9 Å². The van der Waals surface area contributed by atoms with Gasteiger partial charge < -0.3 is 20.1 Å². The maximum Gasteiger partial charge on any atom is 0.328 e. The van der Waals surface area contributed by atoms with Gasteiger partial charge in [0, 0.05) is 18.4 Å². The number of nitrogens with one attached hydrogen (secondary N) is 2. The van der Waals surface area contributed by atoms with E-state index in [1.807, 2.05) is 81.4 Å². The predicted octanol–water partition coefficient (Wildman–Crippen LogP) is 8.11. The fourth-order valence-electron chi connectivity index (χ4n) is 4.89. The topological polar surface area (TPSA) is 93.7 Å². The number of ether oxygens (including phenoxy) is 2. The molecule has 0 aliphatic rings. The van der Waals surface area contributed by atoms with Crippen LogP contribution in [0.5, 0.6) is 0 Å². The quantitative estimate of drug-likeness (QED) is 0.126. The number of carbonyl (C=O) groups is 3. The first kappa shape index (κ1) is 40.9. The van der Waals surface area contributed by atoms with Crippen molar-refractivity contribution in [3.05, 3.63) is 139 Å². The van der Waals surface area contributed by atoms with Gasteiger partial charge in [0.05, 0.1) is 29.8 Å². The van der Waals surface area contributed by atoms with Crippen LogP contribution in [0.2, 0.25) is 10.0 Å². The van der Waals surface area contributed by atoms with E-state index in [0.29, 0.717) is 33.4 Å². The van der Waals surface area contributed by atoms with Crippen LogP contribution in [0.3, 0.4) is 0 Å². The summed E-state index contributed by atoms with van der Waals surface area (Å²) in [4.78, 5) is 37.2. The molecule has 0 bridgehead atoms. The Bertz CT molecular complexity index is 1570. The number of hydrogen-bond acceptors (Lipinski definition) is 6. The zero-order valence-electron chi connectivity index (χ0n) is 27.9. The molecule has 2 N–H and O–H groups in total. The predicted molar refractivity (Wildman–Crippen MR) is 203 cm³/mol. The Balaban J connectivity index is 0.000000333. The zero-order chi connectivity index (χ0) is 35.4. The Hall–Kier alpha value is -4.24. The molecule has 0 saturated carbocycles. The van der Waals surface area contributed by atoms with Crippen molar-refractivity contribution in [2.45, 2.75) is 60.0 Å². The number of benzene rings is 4. The van der Waals surface area contributed by atoms with E-state index in [9.17, 15) is 14.4 Å². The van der Waals surface area contributed by atoms with Crippen LogP contribution in [0.1, 0.15) is 56.7 Å². The van der Waals surface area contributed by atoms with E-state index >= 15 is 0 Å². The smallest absolute Gasteiger partial charge is 0.328 e. The Kier molecular flexibility index (Phi) is 16.4. The molecule has 260 valence electrons. The highest BCUT2D eigenvalue weighted by molar-refractivity contribution is 7.80. The summed E-state index contributed by atoms with van der Waals surface area (Å²) in [6, 6.07) is 25.3. The summed E-state index contributed by atoms with van der Waals surface area (Å²) >= 11 is 17.8. The highest BCUT2D eigenvalue weighted by atomic mass is 35.5. The van der Waals surface area contributed by atoms with E-state index in [0.717, 1.165) is 33.4 Å². The van der Waals surface area contributed by atoms with E-state index < -0.39 is 18.1 Å². The monoisotopic (exact) mass is 722 g/mol. The van der Waals surface area contributed by atoms with E-state index in [2.05, 4.69) is 10.6 Å². The van der Waals surface area contributed by atoms with Crippen molar-refractivity contribution in [3.63, 3.8) is 0 Å². The second-order valence-corrected chi connectivity index (χ2v) is 12.6. The van der Waals surface area contributed by atoms with Gasteiger partial charge in [0.2, 0.25) is 0 Å². The van der Waals surface area contributed by atoms with Crippen molar-refractivity contribution in [1.29, 1.82) is 0 Å². The number of aryl methyl sites for hydroxylation is 4. The Morgan fingerprint density at radius 2 is 1.02 bits per heavy atom. The lowest BCUT2D eigenvalue weighted by atomic mass is 10.0. The molecule has 1 amide bonds. The third-order valence-corrected chi connectivity index (χ3v) is 8.55. The minimum atomic E-state index is -0.777. The summed E-state index contributed by atoms with van der Waals surface area (Å²) in [6.45, 7) is 7.74. The largest absolute Gasteiger partial charge is 0.467 e. The number of thiocarbonyl (C=S) groups is 1. The van der Waals surface area contributed by atoms with Crippen LogP contribution in [-0.2, 0) is 31.9 Å². The van der Waals surface area contributed by atoms with Gasteiger partial charge in [0.15, 0.2) is 0 Å². The lowest BCUT2D eigenvalue weighted by Gasteiger charge is -2.20. The molecule has 2 unspecified atom stereocenters. The van der Waals surface area contributed by atoms with Crippen LogP contribution in [0, 0.1) is 27.7 Å². The standard InChI is InChI=1S/C19H20ClNO3.C19H20ClNO2S.CH4/c1-12-7-9-14(10-8-12)11-16(19(23)24-3)21-18(22)17-13(2)5-4-6-15(17)20;1-12-7-9-14(10-8-12)11-16(19(22)23-3)21-18(24)17-13(2)5-4-6-15(17)20;/h4-10,16H,11H2,1-3H3,(H,21,22);4-10,16H,11H2,1-3H3,(H,21,24);1H4. The molecule has 49 heavy (non-hydrogen) atoms. The average molecular weight is 724 g/mol. The first-order valence-corrected chi connectivity index (χ1v) is 16.4. The summed E-state index contributed by atoms with van der Waals surface area (Å²) in [5.41, 5.74) is 7.09. The van der Waals surface area contributed by atoms with Crippen molar-refractivity contribution < 1.29 is 23.9 Å². The summed E-state index contributed by atoms with van der Waals surface area (Å²) in [7, 11) is 2.67. The Morgan fingerprint density at radius 1 is 0.633 bits per heavy atom. The van der Waals surface area contributed by atoms with Crippen LogP contribution >= 0.6 is 35.4 Å². The third-order valence-electron chi connectivity index (χ3n) is 7.60. The summed E-state index contributed by atoms with van der Waals surface area (Å²) < 4.78 is 9.73. The molecule has 0 heterocycles. The van der Waals surface area contributed by atoms with Gasteiger partial charge in [0.25, 0.3) is 5.91 Å². The van der Waals surface area contributed by atoms with Crippen molar-refractivity contribution >= 4 is 58.3 Å². The van der Waals surface area contributed by atoms with Gasteiger partial charge in [-0.3, -0.25) is 4.79 Å². The second-order valence-electron chi connectivity index (χ2n) is 11.3. The van der Waals surface area contributed by atoms with Gasteiger partial charge in [-0.05, 0) is 62.1 Å². The molecule has 0 aromatic heterocycles. The van der Waals surface area contributed by atoms with Crippen LogP contribution < -0.4 is 10.6 Å². The number of amides is 1. The Labute approximate surface area is 305 Å². The van der Waals surface area contributed by atoms with Crippen LogP contribution in [0.4, 0.5) is 0 Å². The average Bonchev–Trinajstić information content (AvgIpc) is 3.05. The molecular weight excluding hydrogens is 679 g/mol. The van der Waals surface area contributed by atoms with Crippen molar-refractivity contribution in [1.82, 2.24) is 10.6 Å². The van der Waals surface area contributed by atoms with Crippen molar-refractivity contribution in [3.8, 4) is 0 Å². The zero-order valence-corrected chi connectivity index (χ0v) is 30.2. The normalized spacial score (nSPS) is 11.4. The molecule has 0 spiro atoms. The van der Waals surface area contributed by atoms with Gasteiger partial charge in [-0.2, -0.15) is 0 Å². The van der Waals surface area contributed by atoms with Gasteiger partial charge in [-0.1, -0.05) is 127 Å². The molecule has 0 aliphatic carbocycles. The van der Waals surface area contributed by atoms with Gasteiger partial charge in [0.1, 0.15) is 17.1 Å². The lowest BCUT2D eigenvalue weighted by Crippen LogP contribution is -2.43. The molecule has 4 aromatic carbocycles. The van der Waals surface area contributed by atoms with E-state index in [4.69, 9.17) is 44.9 Å². The molecule has 4 aromatic rings. The lowest BCUT2D eigenvalue weighted by molar-refractivity contribution is -0.143. The van der Waals surface area contributed by atoms with Gasteiger partial charge >= 0.3 is 11.9 Å². The van der Waals surface area contributed by atoms with Crippen LogP contribution in [0.25, 0.3) is 0 Å². The van der Waals surface area contributed by atoms with Crippen molar-refractivity contribution in [2.24, 2.45) is 0 Å². The first-order valence-electron chi connectivity index (χ1n) is 15.2. The van der Waals surface area contributed by atoms with E-state index in [1.165, 1.54) is 19.8 Å². The molecule has 0 aliphatic heterocycles. The van der Waals surface area contributed by atoms with Crippen LogP contribution in [-0.4, -0.2) is 49.1 Å². The van der Waals surface area contributed by atoms with E-state index in [-0.39, 0.29) is 19.3 Å². The van der Waals surface area contributed by atoms with Gasteiger partial charge in [-0.25, -0.2) is 9.59 Å². The number of hydrogen-bond donors (Lipinski definition) is 2. The maximum atomic E-state index is 12.6. The maximum absolute atomic E-state index is 12.6. The number of methoxy groups -OCH3 is 2. The molecule has 2 atom stereocenters. The van der Waals surface area contributed by atoms with Crippen molar-refractivity contribution in [2.75, 3.05) is 14.2 Å². The van der Waals surface area contributed by atoms with E-state index in [1.54, 1.807) is 31.2 Å². The summed E-state index contributed by atoms with van der Waals surface area (Å²) in [5.74, 6) is -1.24.